The second kappa shape index (κ2) is 5.38. The zero-order valence-corrected chi connectivity index (χ0v) is 11.2. The fourth-order valence-electron chi connectivity index (χ4n) is 1.99. The van der Waals surface area contributed by atoms with Crippen molar-refractivity contribution < 1.29 is 4.79 Å². The summed E-state index contributed by atoms with van der Waals surface area (Å²) in [6.07, 6.45) is 3.89. The van der Waals surface area contributed by atoms with E-state index in [1.54, 1.807) is 11.0 Å². The molecule has 2 aromatic rings. The molecule has 1 aliphatic rings. The van der Waals surface area contributed by atoms with Crippen LogP contribution < -0.4 is 10.6 Å². The molecule has 1 aromatic carbocycles. The summed E-state index contributed by atoms with van der Waals surface area (Å²) in [7, 11) is 0. The Hall–Kier alpha value is -2.28. The minimum atomic E-state index is -0.0218. The van der Waals surface area contributed by atoms with Gasteiger partial charge in [0.25, 0.3) is 0 Å². The van der Waals surface area contributed by atoms with E-state index in [4.69, 9.17) is 0 Å². The minimum Gasteiger partial charge on any atom is -0.325 e. The van der Waals surface area contributed by atoms with Gasteiger partial charge < -0.3 is 10.6 Å². The number of nitrogens with zero attached hydrogens (tertiary/aromatic N) is 4. The van der Waals surface area contributed by atoms with Gasteiger partial charge in [0.15, 0.2) is 0 Å². The maximum Gasteiger partial charge on any atom is 0.238 e. The van der Waals surface area contributed by atoms with Crippen LogP contribution in [0.2, 0.25) is 0 Å². The van der Waals surface area contributed by atoms with E-state index in [-0.39, 0.29) is 5.91 Å². The van der Waals surface area contributed by atoms with Crippen LogP contribution >= 0.6 is 0 Å². The van der Waals surface area contributed by atoms with Crippen molar-refractivity contribution in [3.63, 3.8) is 0 Å². The Kier molecular flexibility index (Phi) is 3.42. The molecule has 0 radical (unpaired) electrons. The van der Waals surface area contributed by atoms with Crippen molar-refractivity contribution >= 4 is 11.6 Å². The van der Waals surface area contributed by atoms with Gasteiger partial charge in [-0.15, -0.1) is 5.10 Å². The molecule has 0 spiro atoms. The average molecular weight is 272 g/mol. The summed E-state index contributed by atoms with van der Waals surface area (Å²) in [5, 5.41) is 17.1. The summed E-state index contributed by atoms with van der Waals surface area (Å²) in [5.41, 5.74) is 2.66. The van der Waals surface area contributed by atoms with Crippen LogP contribution in [0.3, 0.4) is 0 Å². The van der Waals surface area contributed by atoms with Gasteiger partial charge in [-0.2, -0.15) is 0 Å². The molecular weight excluding hydrogens is 256 g/mol. The molecule has 1 fully saturated rings. The fraction of sp³-hybridized carbons (Fsp3) is 0.385. The van der Waals surface area contributed by atoms with Crippen LogP contribution in [-0.2, 0) is 4.79 Å². The molecule has 1 amide bonds. The normalized spacial score (nSPS) is 14.2. The Labute approximate surface area is 116 Å². The zero-order chi connectivity index (χ0) is 13.9. The Morgan fingerprint density at radius 3 is 2.95 bits per heavy atom. The summed E-state index contributed by atoms with van der Waals surface area (Å²) in [4.78, 5) is 11.8. The molecule has 20 heavy (non-hydrogen) atoms. The maximum atomic E-state index is 11.8. The zero-order valence-electron chi connectivity index (χ0n) is 11.2. The van der Waals surface area contributed by atoms with Crippen molar-refractivity contribution in [1.29, 1.82) is 0 Å². The predicted molar refractivity (Wildman–Crippen MR) is 73.5 cm³/mol. The Morgan fingerprint density at radius 1 is 1.45 bits per heavy atom. The SMILES string of the molecule is Cc1cc(NC(=O)CNC2CC2)ccc1-n1cnnn1. The van der Waals surface area contributed by atoms with E-state index >= 15 is 0 Å². The van der Waals surface area contributed by atoms with Crippen molar-refractivity contribution in [3.05, 3.63) is 30.1 Å². The average Bonchev–Trinajstić information content (AvgIpc) is 3.10. The number of amides is 1. The first kappa shape index (κ1) is 12.7. The molecule has 104 valence electrons. The summed E-state index contributed by atoms with van der Waals surface area (Å²) < 4.78 is 1.59. The molecule has 0 bridgehead atoms. The molecule has 0 atom stereocenters. The molecule has 0 saturated heterocycles. The molecule has 1 saturated carbocycles. The number of hydrogen-bond acceptors (Lipinski definition) is 5. The number of carbonyl (C=O) groups is 1. The van der Waals surface area contributed by atoms with Crippen molar-refractivity contribution in [2.75, 3.05) is 11.9 Å². The minimum absolute atomic E-state index is 0.0218. The van der Waals surface area contributed by atoms with E-state index in [1.165, 1.54) is 12.8 Å². The number of nitrogens with one attached hydrogen (secondary N) is 2. The summed E-state index contributed by atoms with van der Waals surface area (Å²) in [6.45, 7) is 2.31. The van der Waals surface area contributed by atoms with Gasteiger partial charge in [0, 0.05) is 11.7 Å². The topological polar surface area (TPSA) is 84.7 Å². The number of carbonyl (C=O) groups excluding carboxylic acids is 1. The van der Waals surface area contributed by atoms with Gasteiger partial charge in [0.2, 0.25) is 5.91 Å². The molecule has 1 aromatic heterocycles. The lowest BCUT2D eigenvalue weighted by Gasteiger charge is -2.09. The molecule has 2 N–H and O–H groups in total. The molecule has 0 aliphatic heterocycles. The van der Waals surface area contributed by atoms with Gasteiger partial charge in [0.05, 0.1) is 12.2 Å². The predicted octanol–water partition coefficient (Wildman–Crippen LogP) is 0.661. The summed E-state index contributed by atoms with van der Waals surface area (Å²) in [5.74, 6) is -0.0218. The van der Waals surface area contributed by atoms with Crippen LogP contribution in [0, 0.1) is 6.92 Å². The smallest absolute Gasteiger partial charge is 0.238 e. The van der Waals surface area contributed by atoms with Crippen LogP contribution in [-0.4, -0.2) is 38.7 Å². The van der Waals surface area contributed by atoms with E-state index < -0.39 is 0 Å². The lowest BCUT2D eigenvalue weighted by molar-refractivity contribution is -0.115. The number of aryl methyl sites for hydroxylation is 1. The van der Waals surface area contributed by atoms with E-state index in [2.05, 4.69) is 26.2 Å². The lowest BCUT2D eigenvalue weighted by atomic mass is 10.2. The first-order valence-electron chi connectivity index (χ1n) is 6.59. The highest BCUT2D eigenvalue weighted by molar-refractivity contribution is 5.92. The Bertz CT molecular complexity index is 605. The molecule has 0 unspecified atom stereocenters. The number of rotatable bonds is 5. The van der Waals surface area contributed by atoms with Crippen LogP contribution in [0.5, 0.6) is 0 Å². The standard InChI is InChI=1S/C13H16N6O/c1-9-6-11(16-13(20)7-14-10-2-3-10)4-5-12(9)19-8-15-17-18-19/h4-6,8,10,14H,2-3,7H2,1H3,(H,16,20). The second-order valence-corrected chi connectivity index (χ2v) is 4.96. The molecule has 7 nitrogen and oxygen atoms in total. The van der Waals surface area contributed by atoms with Crippen molar-refractivity contribution in [2.45, 2.75) is 25.8 Å². The number of tetrazole rings is 1. The first-order chi connectivity index (χ1) is 9.72. The number of anilines is 1. The number of aromatic nitrogens is 4. The molecule has 1 heterocycles. The first-order valence-corrected chi connectivity index (χ1v) is 6.59. The van der Waals surface area contributed by atoms with Crippen molar-refractivity contribution in [1.82, 2.24) is 25.5 Å². The quantitative estimate of drug-likeness (QED) is 0.835. The third kappa shape index (κ3) is 3.00. The van der Waals surface area contributed by atoms with E-state index in [9.17, 15) is 4.79 Å². The van der Waals surface area contributed by atoms with Crippen molar-refractivity contribution in [2.24, 2.45) is 0 Å². The molecule has 1 aliphatic carbocycles. The highest BCUT2D eigenvalue weighted by Crippen LogP contribution is 2.19. The summed E-state index contributed by atoms with van der Waals surface area (Å²) in [6, 6.07) is 6.17. The van der Waals surface area contributed by atoms with Crippen LogP contribution in [0.15, 0.2) is 24.5 Å². The molecular formula is C13H16N6O. The monoisotopic (exact) mass is 272 g/mol. The van der Waals surface area contributed by atoms with Crippen LogP contribution in [0.25, 0.3) is 5.69 Å². The Morgan fingerprint density at radius 2 is 2.30 bits per heavy atom. The second-order valence-electron chi connectivity index (χ2n) is 4.96. The van der Waals surface area contributed by atoms with Gasteiger partial charge in [-0.3, -0.25) is 4.79 Å². The van der Waals surface area contributed by atoms with E-state index in [0.29, 0.717) is 12.6 Å². The van der Waals surface area contributed by atoms with Crippen molar-refractivity contribution in [3.8, 4) is 5.69 Å². The van der Waals surface area contributed by atoms with Crippen LogP contribution in [0.1, 0.15) is 18.4 Å². The van der Waals surface area contributed by atoms with E-state index in [1.807, 2.05) is 25.1 Å². The van der Waals surface area contributed by atoms with Crippen LogP contribution in [0.4, 0.5) is 5.69 Å². The molecule has 3 rings (SSSR count). The van der Waals surface area contributed by atoms with Gasteiger partial charge in [0.1, 0.15) is 6.33 Å². The summed E-state index contributed by atoms with van der Waals surface area (Å²) >= 11 is 0. The lowest BCUT2D eigenvalue weighted by Crippen LogP contribution is -2.29. The van der Waals surface area contributed by atoms with Gasteiger partial charge in [-0.05, 0) is 54.0 Å². The number of benzene rings is 1. The third-order valence-corrected chi connectivity index (χ3v) is 3.21. The van der Waals surface area contributed by atoms with Gasteiger partial charge in [-0.25, -0.2) is 4.68 Å². The maximum absolute atomic E-state index is 11.8. The highest BCUT2D eigenvalue weighted by atomic mass is 16.1. The van der Waals surface area contributed by atoms with Gasteiger partial charge in [-0.1, -0.05) is 0 Å². The molecule has 7 heteroatoms. The van der Waals surface area contributed by atoms with E-state index in [0.717, 1.165) is 16.9 Å². The third-order valence-electron chi connectivity index (χ3n) is 3.21. The Balaban J connectivity index is 1.65. The number of hydrogen-bond donors (Lipinski definition) is 2. The fourth-order valence-corrected chi connectivity index (χ4v) is 1.99. The largest absolute Gasteiger partial charge is 0.325 e. The van der Waals surface area contributed by atoms with Gasteiger partial charge >= 0.3 is 0 Å². The highest BCUT2D eigenvalue weighted by Gasteiger charge is 2.21.